The first kappa shape index (κ1) is 15.7. The smallest absolute Gasteiger partial charge is 0.495 e. The lowest BCUT2D eigenvalue weighted by molar-refractivity contribution is -0.276. The highest BCUT2D eigenvalue weighted by Gasteiger charge is 2.42. The molecule has 0 radical (unpaired) electrons. The average molecular weight is 310 g/mol. The molecule has 0 saturated heterocycles. The van der Waals surface area contributed by atoms with Crippen LogP contribution in [0.25, 0.3) is 0 Å². The van der Waals surface area contributed by atoms with Crippen molar-refractivity contribution < 1.29 is 35.8 Å². The summed E-state index contributed by atoms with van der Waals surface area (Å²) in [4.78, 5) is 2.88. The van der Waals surface area contributed by atoms with Gasteiger partial charge in [0.1, 0.15) is 5.75 Å². The van der Waals surface area contributed by atoms with E-state index in [0.29, 0.717) is 6.20 Å². The largest absolute Gasteiger partial charge is 0.573 e. The number of alkyl halides is 7. The fourth-order valence-electron chi connectivity index (χ4n) is 1.24. The lowest BCUT2D eigenvalue weighted by atomic mass is 10.2. The van der Waals surface area contributed by atoms with Crippen LogP contribution >= 0.6 is 11.6 Å². The highest BCUT2D eigenvalue weighted by atomic mass is 35.5. The van der Waals surface area contributed by atoms with E-state index in [1.165, 1.54) is 0 Å². The summed E-state index contributed by atoms with van der Waals surface area (Å²) in [6, 6.07) is 0. The Morgan fingerprint density at radius 2 is 1.79 bits per heavy atom. The van der Waals surface area contributed by atoms with E-state index in [1.807, 2.05) is 0 Å². The number of rotatable bonds is 3. The number of ether oxygens (including phenoxy) is 2. The predicted molar refractivity (Wildman–Crippen MR) is 52.0 cm³/mol. The SMILES string of the molecule is COc1cnc(C(F)(F)F)c(OC(F)(F)F)c1CCl. The summed E-state index contributed by atoms with van der Waals surface area (Å²) in [6.45, 7) is 0. The van der Waals surface area contributed by atoms with Crippen LogP contribution in [0.4, 0.5) is 26.3 Å². The lowest BCUT2D eigenvalue weighted by Crippen LogP contribution is -2.22. The van der Waals surface area contributed by atoms with Gasteiger partial charge in [-0.1, -0.05) is 0 Å². The number of hydrogen-bond acceptors (Lipinski definition) is 3. The summed E-state index contributed by atoms with van der Waals surface area (Å²) in [5.41, 5.74) is -2.40. The summed E-state index contributed by atoms with van der Waals surface area (Å²) >= 11 is 5.34. The van der Waals surface area contributed by atoms with Crippen LogP contribution in [0, 0.1) is 0 Å². The molecule has 0 aliphatic rings. The van der Waals surface area contributed by atoms with Gasteiger partial charge in [0.15, 0.2) is 11.4 Å². The molecule has 1 rings (SSSR count). The summed E-state index contributed by atoms with van der Waals surface area (Å²) in [5.74, 6) is -2.50. The van der Waals surface area contributed by atoms with Crippen molar-refractivity contribution in [3.8, 4) is 11.5 Å². The number of methoxy groups -OCH3 is 1. The topological polar surface area (TPSA) is 31.4 Å². The molecule has 1 aromatic heterocycles. The van der Waals surface area contributed by atoms with Crippen molar-refractivity contribution >= 4 is 11.6 Å². The van der Waals surface area contributed by atoms with Crippen LogP contribution in [0.2, 0.25) is 0 Å². The second-order valence-electron chi connectivity index (χ2n) is 3.16. The van der Waals surface area contributed by atoms with Crippen LogP contribution in [0.15, 0.2) is 6.20 Å². The van der Waals surface area contributed by atoms with Gasteiger partial charge in [0.25, 0.3) is 0 Å². The zero-order valence-electron chi connectivity index (χ0n) is 9.19. The maximum atomic E-state index is 12.6. The van der Waals surface area contributed by atoms with Crippen molar-refractivity contribution in [1.82, 2.24) is 4.98 Å². The number of halogens is 7. The van der Waals surface area contributed by atoms with Crippen LogP contribution < -0.4 is 9.47 Å². The van der Waals surface area contributed by atoms with E-state index >= 15 is 0 Å². The Balaban J connectivity index is 3.49. The highest BCUT2D eigenvalue weighted by Crippen LogP contribution is 2.42. The molecule has 3 nitrogen and oxygen atoms in total. The number of aromatic nitrogens is 1. The van der Waals surface area contributed by atoms with E-state index < -0.39 is 35.4 Å². The molecule has 0 atom stereocenters. The molecule has 0 spiro atoms. The normalized spacial score (nSPS) is 12.4. The Kier molecular flexibility index (Phi) is 4.39. The third kappa shape index (κ3) is 3.79. The Hall–Kier alpha value is -1.38. The molecule has 0 bridgehead atoms. The lowest BCUT2D eigenvalue weighted by Gasteiger charge is -2.18. The fraction of sp³-hybridized carbons (Fsp3) is 0.444. The molecule has 0 saturated carbocycles. The second-order valence-corrected chi connectivity index (χ2v) is 3.43. The number of hydrogen-bond donors (Lipinski definition) is 0. The molecule has 0 unspecified atom stereocenters. The van der Waals surface area contributed by atoms with Crippen molar-refractivity contribution in [2.24, 2.45) is 0 Å². The van der Waals surface area contributed by atoms with E-state index in [-0.39, 0.29) is 5.75 Å². The summed E-state index contributed by atoms with van der Waals surface area (Å²) in [5, 5.41) is 0. The maximum Gasteiger partial charge on any atom is 0.573 e. The molecule has 0 N–H and O–H groups in total. The van der Waals surface area contributed by atoms with Crippen molar-refractivity contribution in [3.63, 3.8) is 0 Å². The van der Waals surface area contributed by atoms with E-state index in [2.05, 4.69) is 14.5 Å². The van der Waals surface area contributed by atoms with Gasteiger partial charge in [-0.2, -0.15) is 13.2 Å². The summed E-state index contributed by atoms with van der Waals surface area (Å²) < 4.78 is 82.2. The number of nitrogens with zero attached hydrogens (tertiary/aromatic N) is 1. The van der Waals surface area contributed by atoms with Crippen LogP contribution in [-0.2, 0) is 12.1 Å². The zero-order valence-corrected chi connectivity index (χ0v) is 9.95. The summed E-state index contributed by atoms with van der Waals surface area (Å²) in [6.07, 6.45) is -9.80. The molecule has 0 amide bonds. The molecule has 19 heavy (non-hydrogen) atoms. The molecule has 0 aliphatic carbocycles. The van der Waals surface area contributed by atoms with Crippen molar-refractivity contribution in [2.45, 2.75) is 18.4 Å². The van der Waals surface area contributed by atoms with Crippen molar-refractivity contribution in [1.29, 1.82) is 0 Å². The number of pyridine rings is 1. The van der Waals surface area contributed by atoms with E-state index in [1.54, 1.807) is 0 Å². The van der Waals surface area contributed by atoms with Gasteiger partial charge in [-0.15, -0.1) is 24.8 Å². The molecular formula is C9H6ClF6NO2. The van der Waals surface area contributed by atoms with E-state index in [0.717, 1.165) is 7.11 Å². The Bertz CT molecular complexity index is 459. The molecule has 1 heterocycles. The first-order chi connectivity index (χ1) is 8.60. The molecule has 0 aromatic carbocycles. The Morgan fingerprint density at radius 3 is 2.16 bits per heavy atom. The third-order valence-corrected chi connectivity index (χ3v) is 2.20. The van der Waals surface area contributed by atoms with Gasteiger partial charge >= 0.3 is 12.5 Å². The molecule has 108 valence electrons. The zero-order chi connectivity index (χ0) is 14.8. The Morgan fingerprint density at radius 1 is 1.21 bits per heavy atom. The first-order valence-electron chi connectivity index (χ1n) is 4.55. The van der Waals surface area contributed by atoms with Crippen molar-refractivity contribution in [2.75, 3.05) is 7.11 Å². The van der Waals surface area contributed by atoms with Crippen LogP contribution in [-0.4, -0.2) is 18.5 Å². The molecular weight excluding hydrogens is 304 g/mol. The van der Waals surface area contributed by atoms with Crippen LogP contribution in [0.5, 0.6) is 11.5 Å². The van der Waals surface area contributed by atoms with Crippen LogP contribution in [0.3, 0.4) is 0 Å². The molecule has 1 aromatic rings. The van der Waals surface area contributed by atoms with E-state index in [9.17, 15) is 26.3 Å². The minimum Gasteiger partial charge on any atom is -0.495 e. The van der Waals surface area contributed by atoms with Crippen molar-refractivity contribution in [3.05, 3.63) is 17.5 Å². The predicted octanol–water partition coefficient (Wildman–Crippen LogP) is 3.75. The molecule has 0 aliphatic heterocycles. The van der Waals surface area contributed by atoms with E-state index in [4.69, 9.17) is 11.6 Å². The van der Waals surface area contributed by atoms with Gasteiger partial charge < -0.3 is 9.47 Å². The van der Waals surface area contributed by atoms with Gasteiger partial charge in [-0.3, -0.25) is 0 Å². The minimum absolute atomic E-state index is 0.331. The third-order valence-electron chi connectivity index (χ3n) is 1.94. The minimum atomic E-state index is -5.31. The monoisotopic (exact) mass is 309 g/mol. The van der Waals surface area contributed by atoms with Gasteiger partial charge in [0, 0.05) is 0 Å². The second kappa shape index (κ2) is 5.32. The quantitative estimate of drug-likeness (QED) is 0.629. The Labute approximate surface area is 108 Å². The average Bonchev–Trinajstić information content (AvgIpc) is 2.24. The van der Waals surface area contributed by atoms with Gasteiger partial charge in [0.05, 0.1) is 24.8 Å². The van der Waals surface area contributed by atoms with Crippen LogP contribution in [0.1, 0.15) is 11.3 Å². The van der Waals surface area contributed by atoms with Gasteiger partial charge in [-0.25, -0.2) is 4.98 Å². The fourth-order valence-corrected chi connectivity index (χ4v) is 1.50. The highest BCUT2D eigenvalue weighted by molar-refractivity contribution is 6.17. The van der Waals surface area contributed by atoms with Gasteiger partial charge in [0.2, 0.25) is 0 Å². The standard InChI is InChI=1S/C9H6ClF6NO2/c1-18-5-3-17-7(8(11,12)13)6(4(5)2-10)19-9(14,15)16/h3H,2H2,1H3. The van der Waals surface area contributed by atoms with Gasteiger partial charge in [-0.05, 0) is 0 Å². The summed E-state index contributed by atoms with van der Waals surface area (Å²) in [7, 11) is 1.05. The first-order valence-corrected chi connectivity index (χ1v) is 5.08. The maximum absolute atomic E-state index is 12.6. The molecule has 10 heteroatoms. The molecule has 0 fully saturated rings.